The molecule has 2 heterocycles. The molecule has 37 heavy (non-hydrogen) atoms. The predicted octanol–water partition coefficient (Wildman–Crippen LogP) is 3.30. The highest BCUT2D eigenvalue weighted by Gasteiger charge is 2.40. The van der Waals surface area contributed by atoms with Gasteiger partial charge in [0.25, 0.3) is 0 Å². The second-order valence-corrected chi connectivity index (χ2v) is 9.50. The number of alkyl halides is 6. The monoisotopic (exact) mass is 529 g/mol. The maximum atomic E-state index is 13.2. The topological polar surface area (TPSA) is 74.8 Å². The number of carbonyl (C=O) groups excluding carboxylic acids is 1. The summed E-state index contributed by atoms with van der Waals surface area (Å²) in [5.41, 5.74) is 3.64. The van der Waals surface area contributed by atoms with Crippen LogP contribution in [0.5, 0.6) is 0 Å². The summed E-state index contributed by atoms with van der Waals surface area (Å²) in [6.45, 7) is 3.22. The largest absolute Gasteiger partial charge is 0.416 e. The Balaban J connectivity index is 1.48. The van der Waals surface area contributed by atoms with E-state index in [0.29, 0.717) is 12.1 Å². The van der Waals surface area contributed by atoms with E-state index in [9.17, 15) is 31.1 Å². The van der Waals surface area contributed by atoms with Crippen LogP contribution >= 0.6 is 0 Å². The molecule has 0 bridgehead atoms. The number of carbonyl (C=O) groups is 1. The number of piperazine rings is 1. The number of amides is 1. The van der Waals surface area contributed by atoms with Gasteiger partial charge >= 0.3 is 12.4 Å². The van der Waals surface area contributed by atoms with E-state index in [2.05, 4.69) is 15.1 Å². The predicted molar refractivity (Wildman–Crippen MR) is 125 cm³/mol. The molecule has 12 heteroatoms. The zero-order valence-electron chi connectivity index (χ0n) is 20.2. The molecule has 2 saturated heterocycles. The van der Waals surface area contributed by atoms with Crippen LogP contribution in [0.25, 0.3) is 0 Å². The van der Waals surface area contributed by atoms with Crippen LogP contribution in [0.15, 0.2) is 48.5 Å². The van der Waals surface area contributed by atoms with Crippen LogP contribution in [-0.2, 0) is 23.6 Å². The van der Waals surface area contributed by atoms with Crippen molar-refractivity contribution >= 4 is 5.91 Å². The van der Waals surface area contributed by atoms with Crippen molar-refractivity contribution in [1.82, 2.24) is 20.0 Å². The molecular weight excluding hydrogens is 500 g/mol. The average molecular weight is 530 g/mol. The summed E-state index contributed by atoms with van der Waals surface area (Å²) in [7, 11) is 1.51. The summed E-state index contributed by atoms with van der Waals surface area (Å²) >= 11 is 0. The molecule has 2 aliphatic heterocycles. The number of likely N-dealkylation sites (N-methyl/N-ethyl adjacent to an activating group) is 1. The summed E-state index contributed by atoms with van der Waals surface area (Å²) in [4.78, 5) is 18.8. The van der Waals surface area contributed by atoms with Gasteiger partial charge in [-0.05, 0) is 29.3 Å². The van der Waals surface area contributed by atoms with E-state index < -0.39 is 35.8 Å². The van der Waals surface area contributed by atoms with Crippen molar-refractivity contribution in [3.05, 3.63) is 70.8 Å². The van der Waals surface area contributed by atoms with Gasteiger partial charge < -0.3 is 10.6 Å². The Labute approximate surface area is 211 Å². The van der Waals surface area contributed by atoms with Gasteiger partial charge in [0.2, 0.25) is 5.91 Å². The van der Waals surface area contributed by atoms with Crippen molar-refractivity contribution in [3.63, 3.8) is 0 Å². The number of halogens is 6. The quantitative estimate of drug-likeness (QED) is 0.426. The lowest BCUT2D eigenvalue weighted by Gasteiger charge is -2.40. The Kier molecular flexibility index (Phi) is 7.84. The fourth-order valence-corrected chi connectivity index (χ4v) is 4.70. The molecule has 202 valence electrons. The number of nitrogens with two attached hydrogens (primary N) is 1. The van der Waals surface area contributed by atoms with E-state index >= 15 is 0 Å². The lowest BCUT2D eigenvalue weighted by atomic mass is 10.0. The highest BCUT2D eigenvalue weighted by molar-refractivity contribution is 5.78. The molecule has 0 saturated carbocycles. The van der Waals surface area contributed by atoms with E-state index in [1.54, 1.807) is 0 Å². The number of hydrogen-bond acceptors (Lipinski definition) is 5. The molecule has 3 N–H and O–H groups in total. The minimum Gasteiger partial charge on any atom is -0.344 e. The molecule has 3 atom stereocenters. The SMILES string of the molecule is CN(CC(c1ccccc1)N1CCN(C2NC2N)CC1)C(=O)Cc1cc(C(F)(F)F)cc(C(F)(F)F)c1. The van der Waals surface area contributed by atoms with Gasteiger partial charge in [0.1, 0.15) is 0 Å². The normalized spacial score (nSPS) is 22.1. The molecular formula is C25H29F6N5O. The van der Waals surface area contributed by atoms with Crippen molar-refractivity contribution in [2.45, 2.75) is 37.1 Å². The Morgan fingerprint density at radius 2 is 1.54 bits per heavy atom. The molecule has 2 fully saturated rings. The fraction of sp³-hybridized carbons (Fsp3) is 0.480. The van der Waals surface area contributed by atoms with E-state index in [1.165, 1.54) is 11.9 Å². The van der Waals surface area contributed by atoms with Crippen molar-refractivity contribution in [2.75, 3.05) is 39.8 Å². The van der Waals surface area contributed by atoms with Gasteiger partial charge in [-0.25, -0.2) is 0 Å². The van der Waals surface area contributed by atoms with Gasteiger partial charge in [0.15, 0.2) is 0 Å². The third-order valence-corrected chi connectivity index (χ3v) is 6.84. The third kappa shape index (κ3) is 6.81. The number of nitrogens with zero attached hydrogens (tertiary/aromatic N) is 3. The molecule has 0 spiro atoms. The van der Waals surface area contributed by atoms with Crippen molar-refractivity contribution in [1.29, 1.82) is 0 Å². The molecule has 6 nitrogen and oxygen atoms in total. The molecule has 0 radical (unpaired) electrons. The van der Waals surface area contributed by atoms with Crippen LogP contribution in [0.2, 0.25) is 0 Å². The molecule has 0 aliphatic carbocycles. The van der Waals surface area contributed by atoms with Crippen molar-refractivity contribution < 1.29 is 31.1 Å². The Hall–Kier alpha value is -2.67. The lowest BCUT2D eigenvalue weighted by molar-refractivity contribution is -0.143. The van der Waals surface area contributed by atoms with E-state index in [1.807, 2.05) is 30.3 Å². The summed E-state index contributed by atoms with van der Waals surface area (Å²) in [6.07, 6.45) is -10.4. The second kappa shape index (κ2) is 10.6. The maximum Gasteiger partial charge on any atom is 0.416 e. The van der Waals surface area contributed by atoms with Crippen LogP contribution in [0.4, 0.5) is 26.3 Å². The zero-order chi connectivity index (χ0) is 27.0. The number of hydrogen-bond donors (Lipinski definition) is 2. The number of rotatable bonds is 7. The van der Waals surface area contributed by atoms with Crippen molar-refractivity contribution in [3.8, 4) is 0 Å². The van der Waals surface area contributed by atoms with Crippen LogP contribution in [0, 0.1) is 0 Å². The molecule has 3 unspecified atom stereocenters. The summed E-state index contributed by atoms with van der Waals surface area (Å²) in [5.74, 6) is -0.569. The summed E-state index contributed by atoms with van der Waals surface area (Å²) < 4.78 is 79.3. The molecule has 2 aliphatic rings. The molecule has 4 rings (SSSR count). The number of nitrogens with one attached hydrogen (secondary N) is 1. The Morgan fingerprint density at radius 3 is 2.03 bits per heavy atom. The van der Waals surface area contributed by atoms with Gasteiger partial charge in [-0.15, -0.1) is 0 Å². The van der Waals surface area contributed by atoms with Gasteiger partial charge in [0.05, 0.1) is 35.9 Å². The molecule has 1 amide bonds. The Bertz CT molecular complexity index is 1050. The molecule has 0 aromatic heterocycles. The third-order valence-electron chi connectivity index (χ3n) is 6.84. The second-order valence-electron chi connectivity index (χ2n) is 9.50. The lowest BCUT2D eigenvalue weighted by Crippen LogP contribution is -2.51. The van der Waals surface area contributed by atoms with Gasteiger partial charge in [-0.3, -0.25) is 19.9 Å². The maximum absolute atomic E-state index is 13.2. The highest BCUT2D eigenvalue weighted by Crippen LogP contribution is 2.36. The van der Waals surface area contributed by atoms with Crippen molar-refractivity contribution in [2.24, 2.45) is 5.73 Å². The van der Waals surface area contributed by atoms with Crippen LogP contribution in [0.3, 0.4) is 0 Å². The first-order chi connectivity index (χ1) is 17.3. The highest BCUT2D eigenvalue weighted by atomic mass is 19.4. The smallest absolute Gasteiger partial charge is 0.344 e. The number of benzene rings is 2. The Morgan fingerprint density at radius 1 is 1.00 bits per heavy atom. The van der Waals surface area contributed by atoms with Crippen LogP contribution < -0.4 is 11.1 Å². The first kappa shape index (κ1) is 27.4. The van der Waals surface area contributed by atoms with E-state index in [0.717, 1.165) is 31.7 Å². The molecule has 2 aromatic rings. The summed E-state index contributed by atoms with van der Waals surface area (Å²) in [5, 5.41) is 3.17. The van der Waals surface area contributed by atoms with E-state index in [4.69, 9.17) is 5.73 Å². The zero-order valence-corrected chi connectivity index (χ0v) is 20.2. The van der Waals surface area contributed by atoms with Crippen LogP contribution in [0.1, 0.15) is 28.3 Å². The van der Waals surface area contributed by atoms with Crippen LogP contribution in [-0.4, -0.2) is 72.7 Å². The average Bonchev–Trinajstić information content (AvgIpc) is 3.58. The summed E-state index contributed by atoms with van der Waals surface area (Å²) in [6, 6.07) is 10.6. The first-order valence-electron chi connectivity index (χ1n) is 11.9. The minimum atomic E-state index is -4.97. The standard InChI is InChI=1S/C25H29F6N5O/c1-34(21(37)13-16-11-18(24(26,27)28)14-19(12-16)25(29,30)31)15-20(17-5-3-2-4-6-17)35-7-9-36(10-8-35)23-22(32)33-23/h2-6,11-12,14,20,22-23,33H,7-10,13,15,32H2,1H3. The first-order valence-corrected chi connectivity index (χ1v) is 11.9. The van der Waals surface area contributed by atoms with E-state index in [-0.39, 0.29) is 36.5 Å². The fourth-order valence-electron chi connectivity index (χ4n) is 4.70. The van der Waals surface area contributed by atoms with Gasteiger partial charge in [-0.1, -0.05) is 30.3 Å². The molecule has 2 aromatic carbocycles. The van der Waals surface area contributed by atoms with Gasteiger partial charge in [0, 0.05) is 39.8 Å². The van der Waals surface area contributed by atoms with Gasteiger partial charge in [-0.2, -0.15) is 26.3 Å². The minimum absolute atomic E-state index is 0.0334.